The van der Waals surface area contributed by atoms with Gasteiger partial charge in [-0.3, -0.25) is 0 Å². The highest BCUT2D eigenvalue weighted by molar-refractivity contribution is 6.08. The van der Waals surface area contributed by atoms with Crippen LogP contribution in [0.25, 0.3) is 21.8 Å². The third kappa shape index (κ3) is 1.87. The highest BCUT2D eigenvalue weighted by Crippen LogP contribution is 2.35. The molecule has 2 aromatic carbocycles. The molecule has 22 heavy (non-hydrogen) atoms. The highest BCUT2D eigenvalue weighted by atomic mass is 15.0. The van der Waals surface area contributed by atoms with Crippen molar-refractivity contribution in [3.8, 4) is 6.07 Å². The van der Waals surface area contributed by atoms with Gasteiger partial charge in [-0.15, -0.1) is 0 Å². The van der Waals surface area contributed by atoms with Crippen LogP contribution >= 0.6 is 0 Å². The van der Waals surface area contributed by atoms with Crippen LogP contribution in [0.2, 0.25) is 0 Å². The number of aromatic nitrogens is 1. The molecule has 0 amide bonds. The van der Waals surface area contributed by atoms with Crippen molar-refractivity contribution in [3.63, 3.8) is 0 Å². The Hall–Kier alpha value is -2.79. The summed E-state index contributed by atoms with van der Waals surface area (Å²) in [6.45, 7) is 2.13. The predicted molar refractivity (Wildman–Crippen MR) is 90.7 cm³/mol. The molecule has 106 valence electrons. The maximum atomic E-state index is 9.01. The Balaban J connectivity index is 1.99. The van der Waals surface area contributed by atoms with E-state index in [0.717, 1.165) is 12.0 Å². The van der Waals surface area contributed by atoms with Crippen LogP contribution in [0.3, 0.4) is 0 Å². The van der Waals surface area contributed by atoms with Crippen molar-refractivity contribution in [2.75, 3.05) is 0 Å². The predicted octanol–water partition coefficient (Wildman–Crippen LogP) is 5.05. The van der Waals surface area contributed by atoms with Gasteiger partial charge in [0.1, 0.15) is 0 Å². The van der Waals surface area contributed by atoms with Crippen LogP contribution in [0.1, 0.15) is 18.0 Å². The first kappa shape index (κ1) is 12.9. The molecule has 0 fully saturated rings. The van der Waals surface area contributed by atoms with E-state index in [1.165, 1.54) is 27.4 Å². The number of fused-ring (bicyclic) bond motifs is 3. The molecule has 2 nitrogen and oxygen atoms in total. The smallest absolute Gasteiger partial charge is 0.0988 e. The van der Waals surface area contributed by atoms with Gasteiger partial charge < -0.3 is 4.57 Å². The molecule has 1 atom stereocenters. The van der Waals surface area contributed by atoms with E-state index in [1.807, 2.05) is 12.2 Å². The summed E-state index contributed by atoms with van der Waals surface area (Å²) in [7, 11) is 0. The lowest BCUT2D eigenvalue weighted by Gasteiger charge is -2.19. The molecule has 1 heterocycles. The molecular formula is C20H16N2. The van der Waals surface area contributed by atoms with E-state index in [1.54, 1.807) is 0 Å². The number of nitrogens with zero attached hydrogens (tertiary/aromatic N) is 2. The Morgan fingerprint density at radius 3 is 2.68 bits per heavy atom. The second-order valence-electron chi connectivity index (χ2n) is 5.84. The molecule has 0 spiro atoms. The third-order valence-electron chi connectivity index (χ3n) is 4.40. The lowest BCUT2D eigenvalue weighted by atomic mass is 10.0. The Bertz CT molecular complexity index is 980. The van der Waals surface area contributed by atoms with E-state index >= 15 is 0 Å². The number of allylic oxidation sites excluding steroid dienone is 4. The fourth-order valence-electron chi connectivity index (χ4n) is 3.36. The van der Waals surface area contributed by atoms with Crippen LogP contribution in [0.4, 0.5) is 0 Å². The van der Waals surface area contributed by atoms with Gasteiger partial charge in [0.05, 0.1) is 12.1 Å². The second kappa shape index (κ2) is 4.89. The van der Waals surface area contributed by atoms with Crippen LogP contribution in [0.15, 0.2) is 66.3 Å². The molecule has 0 saturated heterocycles. The number of nitriles is 1. The number of benzene rings is 2. The van der Waals surface area contributed by atoms with Gasteiger partial charge in [0, 0.05) is 27.4 Å². The van der Waals surface area contributed by atoms with Crippen molar-refractivity contribution in [3.05, 3.63) is 71.8 Å². The van der Waals surface area contributed by atoms with Crippen molar-refractivity contribution in [2.24, 2.45) is 0 Å². The van der Waals surface area contributed by atoms with E-state index in [0.29, 0.717) is 0 Å². The first-order valence-electron chi connectivity index (χ1n) is 7.55. The van der Waals surface area contributed by atoms with Crippen molar-refractivity contribution in [2.45, 2.75) is 19.4 Å². The summed E-state index contributed by atoms with van der Waals surface area (Å²) in [5.74, 6) is 0. The van der Waals surface area contributed by atoms with Gasteiger partial charge in [0.15, 0.2) is 0 Å². The van der Waals surface area contributed by atoms with Gasteiger partial charge in [0.2, 0.25) is 0 Å². The average Bonchev–Trinajstić information content (AvgIpc) is 2.89. The maximum absolute atomic E-state index is 9.01. The van der Waals surface area contributed by atoms with Crippen LogP contribution in [0.5, 0.6) is 0 Å². The standard InChI is InChI=1S/C20H16N2/c1-14-6-11-20-18(12-14)17-4-2-3-5-19(17)22(20)16-9-7-15(13-21)8-10-16/h2-9,11-12,16H,10H2,1H3. The van der Waals surface area contributed by atoms with Crippen molar-refractivity contribution in [1.82, 2.24) is 4.57 Å². The number of rotatable bonds is 1. The fraction of sp³-hybridized carbons (Fsp3) is 0.150. The first-order chi connectivity index (χ1) is 10.8. The number of aryl methyl sites for hydroxylation is 1. The summed E-state index contributed by atoms with van der Waals surface area (Å²) in [6, 6.07) is 17.7. The number of hydrogen-bond donors (Lipinski definition) is 0. The quantitative estimate of drug-likeness (QED) is 0.614. The molecule has 3 aromatic rings. The molecule has 1 aromatic heterocycles. The number of para-hydroxylation sites is 1. The molecule has 0 N–H and O–H groups in total. The summed E-state index contributed by atoms with van der Waals surface area (Å²) in [6.07, 6.45) is 6.97. The minimum absolute atomic E-state index is 0.266. The largest absolute Gasteiger partial charge is 0.333 e. The molecule has 0 radical (unpaired) electrons. The Morgan fingerprint density at radius 1 is 1.09 bits per heavy atom. The number of hydrogen-bond acceptors (Lipinski definition) is 1. The first-order valence-corrected chi connectivity index (χ1v) is 7.55. The highest BCUT2D eigenvalue weighted by Gasteiger charge is 2.17. The minimum atomic E-state index is 0.266. The minimum Gasteiger partial charge on any atom is -0.333 e. The van der Waals surface area contributed by atoms with Crippen molar-refractivity contribution >= 4 is 21.8 Å². The molecular weight excluding hydrogens is 268 g/mol. The van der Waals surface area contributed by atoms with Crippen molar-refractivity contribution < 1.29 is 0 Å². The van der Waals surface area contributed by atoms with Crippen LogP contribution in [-0.2, 0) is 0 Å². The normalized spacial score (nSPS) is 17.6. The van der Waals surface area contributed by atoms with Gasteiger partial charge in [-0.2, -0.15) is 5.26 Å². The van der Waals surface area contributed by atoms with Gasteiger partial charge in [-0.1, -0.05) is 42.0 Å². The molecule has 1 aliphatic carbocycles. The summed E-state index contributed by atoms with van der Waals surface area (Å²) in [5.41, 5.74) is 4.55. The summed E-state index contributed by atoms with van der Waals surface area (Å²) in [4.78, 5) is 0. The van der Waals surface area contributed by atoms with Crippen LogP contribution in [0, 0.1) is 18.3 Å². The van der Waals surface area contributed by atoms with E-state index in [4.69, 9.17) is 5.26 Å². The van der Waals surface area contributed by atoms with Gasteiger partial charge >= 0.3 is 0 Å². The summed E-state index contributed by atoms with van der Waals surface area (Å²) >= 11 is 0. The Kier molecular flexibility index (Phi) is 2.87. The van der Waals surface area contributed by atoms with E-state index in [2.05, 4.69) is 66.1 Å². The lowest BCUT2D eigenvalue weighted by Crippen LogP contribution is -2.07. The zero-order valence-electron chi connectivity index (χ0n) is 12.5. The van der Waals surface area contributed by atoms with Crippen LogP contribution < -0.4 is 0 Å². The van der Waals surface area contributed by atoms with Crippen molar-refractivity contribution in [1.29, 1.82) is 5.26 Å². The van der Waals surface area contributed by atoms with Crippen LogP contribution in [-0.4, -0.2) is 4.57 Å². The topological polar surface area (TPSA) is 28.7 Å². The van der Waals surface area contributed by atoms with E-state index in [-0.39, 0.29) is 6.04 Å². The lowest BCUT2D eigenvalue weighted by molar-refractivity contribution is 0.646. The molecule has 2 heteroatoms. The fourth-order valence-corrected chi connectivity index (χ4v) is 3.36. The Labute approximate surface area is 129 Å². The van der Waals surface area contributed by atoms with Gasteiger partial charge in [-0.25, -0.2) is 0 Å². The molecule has 4 rings (SSSR count). The average molecular weight is 284 g/mol. The van der Waals surface area contributed by atoms with Gasteiger partial charge in [0.25, 0.3) is 0 Å². The monoisotopic (exact) mass is 284 g/mol. The zero-order valence-corrected chi connectivity index (χ0v) is 12.5. The Morgan fingerprint density at radius 2 is 1.91 bits per heavy atom. The second-order valence-corrected chi connectivity index (χ2v) is 5.84. The summed E-state index contributed by atoms with van der Waals surface area (Å²) < 4.78 is 2.39. The van der Waals surface area contributed by atoms with E-state index in [9.17, 15) is 0 Å². The molecule has 0 aliphatic heterocycles. The maximum Gasteiger partial charge on any atom is 0.0988 e. The summed E-state index contributed by atoms with van der Waals surface area (Å²) in [5, 5.41) is 11.6. The molecule has 0 saturated carbocycles. The third-order valence-corrected chi connectivity index (χ3v) is 4.40. The molecule has 1 unspecified atom stereocenters. The SMILES string of the molecule is Cc1ccc2c(c1)c1ccccc1n2C1C=CC(C#N)=CC1. The molecule has 0 bridgehead atoms. The van der Waals surface area contributed by atoms with Gasteiger partial charge in [-0.05, 0) is 37.6 Å². The molecule has 1 aliphatic rings. The zero-order chi connectivity index (χ0) is 15.1. The van der Waals surface area contributed by atoms with E-state index < -0.39 is 0 Å².